The first-order valence-corrected chi connectivity index (χ1v) is 7.49. The Morgan fingerprint density at radius 1 is 1.52 bits per heavy atom. The largest absolute Gasteiger partial charge is 0.494 e. The van der Waals surface area contributed by atoms with Gasteiger partial charge in [0.2, 0.25) is 0 Å². The summed E-state index contributed by atoms with van der Waals surface area (Å²) in [6.45, 7) is 5.37. The number of piperidine rings is 1. The van der Waals surface area contributed by atoms with Crippen LogP contribution in [0.1, 0.15) is 30.1 Å². The minimum atomic E-state index is -0.450. The van der Waals surface area contributed by atoms with E-state index in [2.05, 4.69) is 5.32 Å². The highest BCUT2D eigenvalue weighted by Gasteiger charge is 2.21. The second-order valence-corrected chi connectivity index (χ2v) is 5.41. The Labute approximate surface area is 125 Å². The van der Waals surface area contributed by atoms with E-state index in [9.17, 15) is 9.18 Å². The lowest BCUT2D eigenvalue weighted by Crippen LogP contribution is -2.41. The average Bonchev–Trinajstić information content (AvgIpc) is 2.53. The molecule has 2 rings (SSSR count). The van der Waals surface area contributed by atoms with E-state index in [4.69, 9.17) is 4.74 Å². The predicted molar refractivity (Wildman–Crippen MR) is 80.1 cm³/mol. The minimum absolute atomic E-state index is 0.0682. The Morgan fingerprint density at radius 3 is 2.95 bits per heavy atom. The summed E-state index contributed by atoms with van der Waals surface area (Å²) in [5.41, 5.74) is 0.471. The van der Waals surface area contributed by atoms with E-state index in [0.29, 0.717) is 18.0 Å². The van der Waals surface area contributed by atoms with Crippen LogP contribution in [0.4, 0.5) is 4.39 Å². The second-order valence-electron chi connectivity index (χ2n) is 5.41. The lowest BCUT2D eigenvalue weighted by atomic mass is 9.98. The van der Waals surface area contributed by atoms with Crippen LogP contribution in [0, 0.1) is 11.7 Å². The Balaban J connectivity index is 2.08. The molecule has 0 radical (unpaired) electrons. The number of halogens is 1. The van der Waals surface area contributed by atoms with Crippen LogP contribution in [0.25, 0.3) is 0 Å². The zero-order valence-electron chi connectivity index (χ0n) is 12.7. The molecule has 1 aromatic rings. The maximum Gasteiger partial charge on any atom is 0.253 e. The number of nitrogens with one attached hydrogen (secondary N) is 1. The van der Waals surface area contributed by atoms with Crippen LogP contribution in [-0.4, -0.2) is 44.1 Å². The Kier molecular flexibility index (Phi) is 5.56. The fraction of sp³-hybridized carbons (Fsp3) is 0.562. The van der Waals surface area contributed by atoms with Gasteiger partial charge in [-0.1, -0.05) is 0 Å². The fourth-order valence-corrected chi connectivity index (χ4v) is 2.72. The number of methoxy groups -OCH3 is 1. The average molecular weight is 294 g/mol. The number of benzene rings is 1. The molecule has 0 aromatic heterocycles. The van der Waals surface area contributed by atoms with Crippen molar-refractivity contribution >= 4 is 5.91 Å². The Morgan fingerprint density at radius 2 is 2.33 bits per heavy atom. The smallest absolute Gasteiger partial charge is 0.253 e. The van der Waals surface area contributed by atoms with Crippen molar-refractivity contribution in [2.24, 2.45) is 5.92 Å². The summed E-state index contributed by atoms with van der Waals surface area (Å²) in [4.78, 5) is 14.4. The summed E-state index contributed by atoms with van der Waals surface area (Å²) in [7, 11) is 1.40. The molecule has 1 aliphatic heterocycles. The first kappa shape index (κ1) is 15.8. The molecule has 0 aliphatic carbocycles. The normalized spacial score (nSPS) is 18.3. The van der Waals surface area contributed by atoms with Crippen LogP contribution in [0.5, 0.6) is 5.75 Å². The van der Waals surface area contributed by atoms with Gasteiger partial charge in [0.15, 0.2) is 11.6 Å². The number of hydrogen-bond acceptors (Lipinski definition) is 3. The van der Waals surface area contributed by atoms with Gasteiger partial charge < -0.3 is 15.0 Å². The SMILES string of the molecule is CCN(CC1CCCNC1)C(=O)c1ccc(F)c(OC)c1. The molecule has 5 heteroatoms. The third-order valence-electron chi connectivity index (χ3n) is 3.94. The summed E-state index contributed by atoms with van der Waals surface area (Å²) in [5.74, 6) is 0.0798. The number of carbonyl (C=O) groups excluding carboxylic acids is 1. The lowest BCUT2D eigenvalue weighted by molar-refractivity contribution is 0.0728. The molecule has 1 amide bonds. The van der Waals surface area contributed by atoms with E-state index < -0.39 is 5.82 Å². The molecule has 1 aromatic carbocycles. The Bertz CT molecular complexity index is 487. The monoisotopic (exact) mass is 294 g/mol. The van der Waals surface area contributed by atoms with Crippen molar-refractivity contribution in [3.8, 4) is 5.75 Å². The van der Waals surface area contributed by atoms with Crippen LogP contribution in [0.3, 0.4) is 0 Å². The van der Waals surface area contributed by atoms with E-state index in [1.54, 1.807) is 0 Å². The summed E-state index contributed by atoms with van der Waals surface area (Å²) in [5, 5.41) is 3.36. The maximum absolute atomic E-state index is 13.4. The van der Waals surface area contributed by atoms with E-state index >= 15 is 0 Å². The van der Waals surface area contributed by atoms with Gasteiger partial charge in [0.05, 0.1) is 7.11 Å². The molecule has 0 bridgehead atoms. The Hall–Kier alpha value is -1.62. The molecule has 1 heterocycles. The molecule has 1 atom stereocenters. The van der Waals surface area contributed by atoms with Crippen molar-refractivity contribution in [2.45, 2.75) is 19.8 Å². The van der Waals surface area contributed by atoms with Crippen molar-refractivity contribution in [3.05, 3.63) is 29.6 Å². The van der Waals surface area contributed by atoms with Crippen molar-refractivity contribution in [1.29, 1.82) is 0 Å². The van der Waals surface area contributed by atoms with Crippen LogP contribution in [0.2, 0.25) is 0 Å². The van der Waals surface area contributed by atoms with Crippen LogP contribution in [-0.2, 0) is 0 Å². The first-order chi connectivity index (χ1) is 10.2. The minimum Gasteiger partial charge on any atom is -0.494 e. The van der Waals surface area contributed by atoms with Crippen LogP contribution in [0.15, 0.2) is 18.2 Å². The van der Waals surface area contributed by atoms with Gasteiger partial charge in [-0.05, 0) is 57.0 Å². The molecule has 1 N–H and O–H groups in total. The first-order valence-electron chi connectivity index (χ1n) is 7.49. The third kappa shape index (κ3) is 3.94. The van der Waals surface area contributed by atoms with E-state index in [-0.39, 0.29) is 11.7 Å². The van der Waals surface area contributed by atoms with Gasteiger partial charge in [0.1, 0.15) is 0 Å². The predicted octanol–water partition coefficient (Wildman–Crippen LogP) is 2.30. The molecule has 1 unspecified atom stereocenters. The molecule has 4 nitrogen and oxygen atoms in total. The van der Waals surface area contributed by atoms with Crippen molar-refractivity contribution in [3.63, 3.8) is 0 Å². The quantitative estimate of drug-likeness (QED) is 0.906. The number of carbonyl (C=O) groups is 1. The van der Waals surface area contributed by atoms with Gasteiger partial charge in [-0.15, -0.1) is 0 Å². The van der Waals surface area contributed by atoms with Gasteiger partial charge in [-0.2, -0.15) is 0 Å². The zero-order valence-corrected chi connectivity index (χ0v) is 12.7. The molecule has 116 valence electrons. The van der Waals surface area contributed by atoms with Crippen molar-refractivity contribution in [2.75, 3.05) is 33.3 Å². The topological polar surface area (TPSA) is 41.6 Å². The van der Waals surface area contributed by atoms with E-state index in [1.165, 1.54) is 25.3 Å². The van der Waals surface area contributed by atoms with Gasteiger partial charge in [0, 0.05) is 18.7 Å². The maximum atomic E-state index is 13.4. The van der Waals surface area contributed by atoms with Crippen molar-refractivity contribution in [1.82, 2.24) is 10.2 Å². The summed E-state index contributed by atoms with van der Waals surface area (Å²) in [6, 6.07) is 4.27. The number of ether oxygens (including phenoxy) is 1. The van der Waals surface area contributed by atoms with Crippen LogP contribution < -0.4 is 10.1 Å². The summed E-state index contributed by atoms with van der Waals surface area (Å²) in [6.07, 6.45) is 2.30. The summed E-state index contributed by atoms with van der Waals surface area (Å²) < 4.78 is 18.4. The highest BCUT2D eigenvalue weighted by atomic mass is 19.1. The summed E-state index contributed by atoms with van der Waals surface area (Å²) >= 11 is 0. The molecule has 1 saturated heterocycles. The van der Waals surface area contributed by atoms with Gasteiger partial charge in [0.25, 0.3) is 5.91 Å². The second kappa shape index (κ2) is 7.41. The molecule has 1 fully saturated rings. The number of amides is 1. The van der Waals surface area contributed by atoms with Crippen LogP contribution >= 0.6 is 0 Å². The van der Waals surface area contributed by atoms with Gasteiger partial charge in [-0.3, -0.25) is 4.79 Å². The zero-order chi connectivity index (χ0) is 15.2. The molecule has 1 aliphatic rings. The molecular weight excluding hydrogens is 271 g/mol. The molecule has 0 saturated carbocycles. The number of rotatable bonds is 5. The molecule has 21 heavy (non-hydrogen) atoms. The van der Waals surface area contributed by atoms with Gasteiger partial charge in [-0.25, -0.2) is 4.39 Å². The molecular formula is C16H23FN2O2. The van der Waals surface area contributed by atoms with Gasteiger partial charge >= 0.3 is 0 Å². The third-order valence-corrected chi connectivity index (χ3v) is 3.94. The van der Waals surface area contributed by atoms with E-state index in [1.807, 2.05) is 11.8 Å². The highest BCUT2D eigenvalue weighted by Crippen LogP contribution is 2.20. The van der Waals surface area contributed by atoms with E-state index in [0.717, 1.165) is 32.5 Å². The fourth-order valence-electron chi connectivity index (χ4n) is 2.72. The van der Waals surface area contributed by atoms with Crippen molar-refractivity contribution < 1.29 is 13.9 Å². The number of nitrogens with zero attached hydrogens (tertiary/aromatic N) is 1. The lowest BCUT2D eigenvalue weighted by Gasteiger charge is -2.29. The standard InChI is InChI=1S/C16H23FN2O2/c1-3-19(11-12-5-4-8-18-10-12)16(20)13-6-7-14(17)15(9-13)21-2/h6-7,9,12,18H,3-5,8,10-11H2,1-2H3. The highest BCUT2D eigenvalue weighted by molar-refractivity contribution is 5.94. The molecule has 0 spiro atoms. The number of hydrogen-bond donors (Lipinski definition) is 1.